The average Bonchev–Trinajstić information content (AvgIpc) is 2.85. The standard InChI is InChI=1S/C17H16ClFN2/c1-12(13-6-2-3-7-14(13)19)21-16-9-5-4-8-15(16)20-17(21)10-11-18/h2-9,12H,10-11H2,1H3. The third kappa shape index (κ3) is 2.54. The van der Waals surface area contributed by atoms with Crippen molar-refractivity contribution in [3.05, 3.63) is 65.7 Å². The molecule has 1 aromatic heterocycles. The Labute approximate surface area is 128 Å². The summed E-state index contributed by atoms with van der Waals surface area (Å²) >= 11 is 5.89. The maximum atomic E-state index is 14.1. The molecule has 0 radical (unpaired) electrons. The number of aromatic nitrogens is 2. The number of aryl methyl sites for hydroxylation is 1. The molecular formula is C17H16ClFN2. The van der Waals surface area contributed by atoms with Crippen molar-refractivity contribution in [2.24, 2.45) is 0 Å². The van der Waals surface area contributed by atoms with Gasteiger partial charge in [-0.2, -0.15) is 0 Å². The quantitative estimate of drug-likeness (QED) is 0.646. The molecule has 2 aromatic carbocycles. The molecule has 1 unspecified atom stereocenters. The number of alkyl halides is 1. The Balaban J connectivity index is 2.18. The molecule has 0 saturated carbocycles. The summed E-state index contributed by atoms with van der Waals surface area (Å²) in [5.41, 5.74) is 2.59. The number of hydrogen-bond acceptors (Lipinski definition) is 1. The van der Waals surface area contributed by atoms with Crippen LogP contribution >= 0.6 is 11.6 Å². The molecule has 0 aliphatic rings. The van der Waals surface area contributed by atoms with E-state index in [2.05, 4.69) is 9.55 Å². The fourth-order valence-electron chi connectivity index (χ4n) is 2.74. The first-order chi connectivity index (χ1) is 10.2. The van der Waals surface area contributed by atoms with Gasteiger partial charge in [0.15, 0.2) is 0 Å². The highest BCUT2D eigenvalue weighted by Gasteiger charge is 2.18. The fraction of sp³-hybridized carbons (Fsp3) is 0.235. The third-order valence-corrected chi connectivity index (χ3v) is 3.92. The molecule has 0 bridgehead atoms. The number of halogens is 2. The van der Waals surface area contributed by atoms with Crippen LogP contribution in [0.2, 0.25) is 0 Å². The van der Waals surface area contributed by atoms with Gasteiger partial charge in [-0.1, -0.05) is 30.3 Å². The summed E-state index contributed by atoms with van der Waals surface area (Å²) in [5, 5.41) is 0. The summed E-state index contributed by atoms with van der Waals surface area (Å²) < 4.78 is 16.2. The zero-order valence-corrected chi connectivity index (χ0v) is 12.5. The number of nitrogens with zero attached hydrogens (tertiary/aromatic N) is 2. The molecule has 2 nitrogen and oxygen atoms in total. The molecule has 0 spiro atoms. The van der Waals surface area contributed by atoms with Crippen molar-refractivity contribution in [1.29, 1.82) is 0 Å². The fourth-order valence-corrected chi connectivity index (χ4v) is 2.91. The number of fused-ring (bicyclic) bond motifs is 1. The Morgan fingerprint density at radius 1 is 1.14 bits per heavy atom. The molecule has 0 aliphatic heterocycles. The zero-order chi connectivity index (χ0) is 14.8. The first-order valence-electron chi connectivity index (χ1n) is 6.98. The van der Waals surface area contributed by atoms with Crippen molar-refractivity contribution < 1.29 is 4.39 Å². The predicted octanol–water partition coefficient (Wildman–Crippen LogP) is 4.57. The lowest BCUT2D eigenvalue weighted by Gasteiger charge is -2.18. The molecule has 0 N–H and O–H groups in total. The Kier molecular flexibility index (Phi) is 3.93. The van der Waals surface area contributed by atoms with Gasteiger partial charge in [-0.15, -0.1) is 11.6 Å². The second-order valence-electron chi connectivity index (χ2n) is 5.02. The van der Waals surface area contributed by atoms with Gasteiger partial charge in [0.05, 0.1) is 17.1 Å². The van der Waals surface area contributed by atoms with Gasteiger partial charge in [-0.25, -0.2) is 9.37 Å². The van der Waals surface area contributed by atoms with Crippen molar-refractivity contribution in [2.75, 3.05) is 5.88 Å². The van der Waals surface area contributed by atoms with Crippen LogP contribution < -0.4 is 0 Å². The summed E-state index contributed by atoms with van der Waals surface area (Å²) in [6.07, 6.45) is 0.662. The minimum absolute atomic E-state index is 0.128. The molecule has 0 saturated heterocycles. The number of rotatable bonds is 4. The van der Waals surface area contributed by atoms with E-state index in [1.54, 1.807) is 6.07 Å². The van der Waals surface area contributed by atoms with Crippen LogP contribution in [0.4, 0.5) is 4.39 Å². The lowest BCUT2D eigenvalue weighted by molar-refractivity contribution is 0.553. The highest BCUT2D eigenvalue weighted by molar-refractivity contribution is 6.17. The molecule has 0 fully saturated rings. The number of hydrogen-bond donors (Lipinski definition) is 0. The highest BCUT2D eigenvalue weighted by atomic mass is 35.5. The van der Waals surface area contributed by atoms with Crippen molar-refractivity contribution in [2.45, 2.75) is 19.4 Å². The summed E-state index contributed by atoms with van der Waals surface area (Å²) in [7, 11) is 0. The molecule has 1 atom stereocenters. The van der Waals surface area contributed by atoms with E-state index in [0.717, 1.165) is 16.9 Å². The molecule has 21 heavy (non-hydrogen) atoms. The maximum absolute atomic E-state index is 14.1. The molecular weight excluding hydrogens is 287 g/mol. The van der Waals surface area contributed by atoms with Crippen LogP contribution in [0.3, 0.4) is 0 Å². The van der Waals surface area contributed by atoms with Gasteiger partial charge in [0, 0.05) is 17.9 Å². The number of benzene rings is 2. The summed E-state index contributed by atoms with van der Waals surface area (Å²) in [6, 6.07) is 14.7. The highest BCUT2D eigenvalue weighted by Crippen LogP contribution is 2.27. The lowest BCUT2D eigenvalue weighted by Crippen LogP contribution is -2.12. The van der Waals surface area contributed by atoms with Crippen LogP contribution in [-0.2, 0) is 6.42 Å². The van der Waals surface area contributed by atoms with Crippen molar-refractivity contribution in [1.82, 2.24) is 9.55 Å². The van der Waals surface area contributed by atoms with Crippen molar-refractivity contribution >= 4 is 22.6 Å². The van der Waals surface area contributed by atoms with E-state index >= 15 is 0 Å². The molecule has 3 aromatic rings. The first kappa shape index (κ1) is 14.1. The van der Waals surface area contributed by atoms with Gasteiger partial charge in [-0.05, 0) is 25.1 Å². The Hall–Kier alpha value is -1.87. The van der Waals surface area contributed by atoms with Crippen LogP contribution in [0.25, 0.3) is 11.0 Å². The zero-order valence-electron chi connectivity index (χ0n) is 11.8. The van der Waals surface area contributed by atoms with Gasteiger partial charge in [-0.3, -0.25) is 0 Å². The normalized spacial score (nSPS) is 12.7. The minimum Gasteiger partial charge on any atom is -0.320 e. The first-order valence-corrected chi connectivity index (χ1v) is 7.52. The average molecular weight is 303 g/mol. The van der Waals surface area contributed by atoms with Gasteiger partial charge >= 0.3 is 0 Å². The molecule has 0 amide bonds. The van der Waals surface area contributed by atoms with Gasteiger partial charge in [0.25, 0.3) is 0 Å². The van der Waals surface area contributed by atoms with E-state index in [1.165, 1.54) is 6.07 Å². The Morgan fingerprint density at radius 3 is 2.62 bits per heavy atom. The Bertz CT molecular complexity index is 766. The monoisotopic (exact) mass is 302 g/mol. The SMILES string of the molecule is CC(c1ccccc1F)n1c(CCCl)nc2ccccc21. The van der Waals surface area contributed by atoms with E-state index in [4.69, 9.17) is 11.6 Å². The van der Waals surface area contributed by atoms with Crippen LogP contribution in [0.5, 0.6) is 0 Å². The largest absolute Gasteiger partial charge is 0.320 e. The van der Waals surface area contributed by atoms with Crippen LogP contribution in [0, 0.1) is 5.82 Å². The summed E-state index contributed by atoms with van der Waals surface area (Å²) in [6.45, 7) is 1.99. The van der Waals surface area contributed by atoms with Crippen LogP contribution in [0.1, 0.15) is 24.4 Å². The summed E-state index contributed by atoms with van der Waals surface area (Å²) in [5.74, 6) is 1.19. The predicted molar refractivity (Wildman–Crippen MR) is 84.4 cm³/mol. The summed E-state index contributed by atoms with van der Waals surface area (Å²) in [4.78, 5) is 4.63. The topological polar surface area (TPSA) is 17.8 Å². The van der Waals surface area contributed by atoms with Crippen molar-refractivity contribution in [3.63, 3.8) is 0 Å². The molecule has 0 aliphatic carbocycles. The third-order valence-electron chi connectivity index (χ3n) is 3.73. The van der Waals surface area contributed by atoms with Crippen LogP contribution in [-0.4, -0.2) is 15.4 Å². The maximum Gasteiger partial charge on any atom is 0.128 e. The van der Waals surface area contributed by atoms with E-state index in [1.807, 2.05) is 43.3 Å². The van der Waals surface area contributed by atoms with Gasteiger partial charge in [0.1, 0.15) is 11.6 Å². The Morgan fingerprint density at radius 2 is 1.86 bits per heavy atom. The van der Waals surface area contributed by atoms with Crippen molar-refractivity contribution in [3.8, 4) is 0 Å². The van der Waals surface area contributed by atoms with E-state index < -0.39 is 0 Å². The van der Waals surface area contributed by atoms with Gasteiger partial charge < -0.3 is 4.57 Å². The van der Waals surface area contributed by atoms with E-state index in [0.29, 0.717) is 17.9 Å². The smallest absolute Gasteiger partial charge is 0.128 e. The van der Waals surface area contributed by atoms with Crippen LogP contribution in [0.15, 0.2) is 48.5 Å². The lowest BCUT2D eigenvalue weighted by atomic mass is 10.1. The molecule has 1 heterocycles. The van der Waals surface area contributed by atoms with E-state index in [9.17, 15) is 4.39 Å². The number of imidazole rings is 1. The molecule has 4 heteroatoms. The number of para-hydroxylation sites is 2. The van der Waals surface area contributed by atoms with E-state index in [-0.39, 0.29) is 11.9 Å². The molecule has 3 rings (SSSR count). The second kappa shape index (κ2) is 5.86. The second-order valence-corrected chi connectivity index (χ2v) is 5.40. The minimum atomic E-state index is -0.195. The van der Waals surface area contributed by atoms with Gasteiger partial charge in [0.2, 0.25) is 0 Å². The molecule has 108 valence electrons.